The van der Waals surface area contributed by atoms with Crippen LogP contribution in [0.15, 0.2) is 23.2 Å². The molecule has 3 unspecified atom stereocenters. The topological polar surface area (TPSA) is 68.9 Å². The van der Waals surface area contributed by atoms with Crippen molar-refractivity contribution >= 4 is 5.84 Å². The van der Waals surface area contributed by atoms with Crippen LogP contribution < -0.4 is 15.8 Å². The van der Waals surface area contributed by atoms with Crippen LogP contribution in [0.2, 0.25) is 0 Å². The first-order valence-electron chi connectivity index (χ1n) is 11.5. The van der Waals surface area contributed by atoms with Crippen molar-refractivity contribution in [1.29, 1.82) is 0 Å². The molecule has 2 aliphatic heterocycles. The fraction of sp³-hybridized carbons (Fsp3) is 0.708. The predicted molar refractivity (Wildman–Crippen MR) is 124 cm³/mol. The van der Waals surface area contributed by atoms with Crippen molar-refractivity contribution in [2.75, 3.05) is 19.7 Å². The quantitative estimate of drug-likeness (QED) is 0.515. The van der Waals surface area contributed by atoms with Crippen molar-refractivity contribution in [3.05, 3.63) is 29.3 Å². The minimum atomic E-state index is 0.117. The molecule has 0 radical (unpaired) electrons. The highest BCUT2D eigenvalue weighted by Crippen LogP contribution is 2.30. The monoisotopic (exact) mass is 405 g/mol. The Hall–Kier alpha value is -1.59. The molecule has 2 aliphatic rings. The summed E-state index contributed by atoms with van der Waals surface area (Å²) in [5, 5.41) is 3.30. The van der Waals surface area contributed by atoms with Gasteiger partial charge in [0.15, 0.2) is 0 Å². The summed E-state index contributed by atoms with van der Waals surface area (Å²) in [4.78, 5) is 4.69. The van der Waals surface area contributed by atoms with Crippen LogP contribution in [-0.4, -0.2) is 43.8 Å². The van der Waals surface area contributed by atoms with E-state index in [2.05, 4.69) is 25.2 Å². The molecule has 0 bridgehead atoms. The zero-order valence-corrected chi connectivity index (χ0v) is 19.6. The molecule has 1 saturated heterocycles. The third-order valence-electron chi connectivity index (χ3n) is 5.19. The van der Waals surface area contributed by atoms with Crippen molar-refractivity contribution in [2.24, 2.45) is 16.6 Å². The van der Waals surface area contributed by atoms with Gasteiger partial charge in [0.1, 0.15) is 17.7 Å². The number of nitrogens with one attached hydrogen (secondary N) is 1. The van der Waals surface area contributed by atoms with Gasteiger partial charge in [-0.25, -0.2) is 0 Å². The second kappa shape index (κ2) is 13.6. The molecule has 166 valence electrons. The summed E-state index contributed by atoms with van der Waals surface area (Å²) in [6.45, 7) is 17.2. The fourth-order valence-electron chi connectivity index (χ4n) is 3.63. The maximum atomic E-state index is 6.25. The van der Waals surface area contributed by atoms with Gasteiger partial charge in [0.05, 0.1) is 6.10 Å². The van der Waals surface area contributed by atoms with Crippen molar-refractivity contribution in [3.63, 3.8) is 0 Å². The number of fused-ring (bicyclic) bond motifs is 1. The lowest BCUT2D eigenvalue weighted by Crippen LogP contribution is -2.43. The minimum absolute atomic E-state index is 0.117. The molecule has 1 aromatic carbocycles. The Kier molecular flexibility index (Phi) is 11.9. The molecule has 0 saturated carbocycles. The molecular formula is C24H43N3O2. The molecule has 2 heterocycles. The van der Waals surface area contributed by atoms with Crippen molar-refractivity contribution in [3.8, 4) is 5.75 Å². The lowest BCUT2D eigenvalue weighted by Gasteiger charge is -2.30. The first-order valence-corrected chi connectivity index (χ1v) is 11.5. The predicted octanol–water partition coefficient (Wildman–Crippen LogP) is 4.56. The van der Waals surface area contributed by atoms with E-state index in [1.807, 2.05) is 46.8 Å². The maximum absolute atomic E-state index is 6.25. The molecule has 3 N–H and O–H groups in total. The van der Waals surface area contributed by atoms with Gasteiger partial charge >= 0.3 is 0 Å². The summed E-state index contributed by atoms with van der Waals surface area (Å²) in [6, 6.07) is 6.44. The second-order valence-electron chi connectivity index (χ2n) is 7.30. The largest absolute Gasteiger partial charge is 0.487 e. The van der Waals surface area contributed by atoms with Crippen molar-refractivity contribution in [1.82, 2.24) is 5.32 Å². The number of benzene rings is 1. The van der Waals surface area contributed by atoms with Gasteiger partial charge in [0, 0.05) is 18.2 Å². The third kappa shape index (κ3) is 7.63. The molecule has 3 rings (SSSR count). The Balaban J connectivity index is 0.000000989. The van der Waals surface area contributed by atoms with E-state index in [-0.39, 0.29) is 18.2 Å². The van der Waals surface area contributed by atoms with Gasteiger partial charge in [-0.3, -0.25) is 4.99 Å². The van der Waals surface area contributed by atoms with E-state index < -0.39 is 0 Å². The minimum Gasteiger partial charge on any atom is -0.487 e. The average molecular weight is 406 g/mol. The summed E-state index contributed by atoms with van der Waals surface area (Å²) in [6.07, 6.45) is 3.30. The molecule has 5 nitrogen and oxygen atoms in total. The highest BCUT2D eigenvalue weighted by atomic mass is 16.5. The smallest absolute Gasteiger partial charge is 0.125 e. The molecule has 0 aliphatic carbocycles. The van der Waals surface area contributed by atoms with E-state index in [4.69, 9.17) is 20.2 Å². The number of rotatable bonds is 7. The number of nitrogens with two attached hydrogens (primary N) is 1. The Morgan fingerprint density at radius 1 is 1.24 bits per heavy atom. The second-order valence-corrected chi connectivity index (χ2v) is 7.30. The summed E-state index contributed by atoms with van der Waals surface area (Å²) in [5.74, 6) is 2.33. The Morgan fingerprint density at radius 3 is 2.52 bits per heavy atom. The molecule has 0 aromatic heterocycles. The van der Waals surface area contributed by atoms with Crippen LogP contribution in [0.1, 0.15) is 72.4 Å². The molecule has 1 aromatic rings. The average Bonchev–Trinajstić information content (AvgIpc) is 2.73. The SMILES string of the molecule is CC.CC.CCOC(C)C1CCc2cc(C(N)=NC(C)CC3CNC3)ccc2O1. The number of amidine groups is 1. The van der Waals surface area contributed by atoms with E-state index in [9.17, 15) is 0 Å². The number of nitrogens with zero attached hydrogens (tertiary/aromatic N) is 1. The number of aryl methyl sites for hydroxylation is 1. The zero-order valence-electron chi connectivity index (χ0n) is 19.6. The van der Waals surface area contributed by atoms with Gasteiger partial charge in [0.25, 0.3) is 0 Å². The van der Waals surface area contributed by atoms with Gasteiger partial charge in [-0.2, -0.15) is 0 Å². The lowest BCUT2D eigenvalue weighted by molar-refractivity contribution is -0.0173. The van der Waals surface area contributed by atoms with Gasteiger partial charge in [-0.05, 0) is 82.8 Å². The standard InChI is InChI=1S/C20H31N3O2.2C2H6/c1-4-24-14(3)18-7-5-16-10-17(6-8-19(16)25-18)20(21)23-13(2)9-15-11-22-12-15;2*1-2/h6,8,10,13-15,18,22H,4-5,7,9,11-12H2,1-3H3,(H2,21,23);2*1-2H3. The Morgan fingerprint density at radius 2 is 1.93 bits per heavy atom. The molecule has 0 amide bonds. The molecule has 1 fully saturated rings. The van der Waals surface area contributed by atoms with Crippen molar-refractivity contribution in [2.45, 2.75) is 86.0 Å². The lowest BCUT2D eigenvalue weighted by atomic mass is 9.95. The van der Waals surface area contributed by atoms with Crippen LogP contribution in [-0.2, 0) is 11.2 Å². The molecule has 0 spiro atoms. The highest BCUT2D eigenvalue weighted by Gasteiger charge is 2.25. The molecular weight excluding hydrogens is 362 g/mol. The normalized spacial score (nSPS) is 20.5. The third-order valence-corrected chi connectivity index (χ3v) is 5.19. The molecule has 5 heteroatoms. The fourth-order valence-corrected chi connectivity index (χ4v) is 3.63. The van der Waals surface area contributed by atoms with Gasteiger partial charge in [0.2, 0.25) is 0 Å². The maximum Gasteiger partial charge on any atom is 0.125 e. The first-order chi connectivity index (χ1) is 14.1. The van der Waals surface area contributed by atoms with Crippen molar-refractivity contribution < 1.29 is 9.47 Å². The van der Waals surface area contributed by atoms with E-state index >= 15 is 0 Å². The molecule has 3 atom stereocenters. The van der Waals surface area contributed by atoms with Crippen LogP contribution in [0.3, 0.4) is 0 Å². The number of hydrogen-bond donors (Lipinski definition) is 2. The summed E-state index contributed by atoms with van der Waals surface area (Å²) in [5.41, 5.74) is 8.46. The number of hydrogen-bond acceptors (Lipinski definition) is 4. The summed E-state index contributed by atoms with van der Waals surface area (Å²) >= 11 is 0. The number of aliphatic imine (C=N–C) groups is 1. The van der Waals surface area contributed by atoms with Gasteiger partial charge < -0.3 is 20.5 Å². The van der Waals surface area contributed by atoms with E-state index in [1.54, 1.807) is 0 Å². The highest BCUT2D eigenvalue weighted by molar-refractivity contribution is 5.97. The zero-order chi connectivity index (χ0) is 21.8. The molecule has 29 heavy (non-hydrogen) atoms. The number of ether oxygens (including phenoxy) is 2. The van der Waals surface area contributed by atoms with Crippen LogP contribution >= 0.6 is 0 Å². The van der Waals surface area contributed by atoms with Crippen LogP contribution in [0.4, 0.5) is 0 Å². The van der Waals surface area contributed by atoms with Gasteiger partial charge in [-0.1, -0.05) is 27.7 Å². The van der Waals surface area contributed by atoms with Crippen LogP contribution in [0, 0.1) is 5.92 Å². The Labute approximate surface area is 178 Å². The van der Waals surface area contributed by atoms with Crippen LogP contribution in [0.5, 0.6) is 5.75 Å². The summed E-state index contributed by atoms with van der Waals surface area (Å²) in [7, 11) is 0. The van der Waals surface area contributed by atoms with E-state index in [0.717, 1.165) is 56.2 Å². The summed E-state index contributed by atoms with van der Waals surface area (Å²) < 4.78 is 11.8. The van der Waals surface area contributed by atoms with E-state index in [0.29, 0.717) is 5.84 Å². The first kappa shape index (κ1) is 25.4. The Bertz CT molecular complexity index is 614. The van der Waals surface area contributed by atoms with Gasteiger partial charge in [-0.15, -0.1) is 0 Å². The van der Waals surface area contributed by atoms with E-state index in [1.165, 1.54) is 5.56 Å². The van der Waals surface area contributed by atoms with Crippen LogP contribution in [0.25, 0.3) is 0 Å².